The van der Waals surface area contributed by atoms with Crippen LogP contribution in [0, 0.1) is 0 Å². The van der Waals surface area contributed by atoms with Crippen molar-refractivity contribution in [2.45, 2.75) is 76.4 Å². The Morgan fingerprint density at radius 3 is 2.78 bits per heavy atom. The Kier molecular flexibility index (Phi) is 6.65. The summed E-state index contributed by atoms with van der Waals surface area (Å²) in [5.41, 5.74) is 4.82. The van der Waals surface area contributed by atoms with Gasteiger partial charge in [0.1, 0.15) is 5.54 Å². The van der Waals surface area contributed by atoms with Gasteiger partial charge in [-0.3, -0.25) is 4.79 Å². The molecule has 0 saturated heterocycles. The highest BCUT2D eigenvalue weighted by Gasteiger charge is 2.39. The van der Waals surface area contributed by atoms with Gasteiger partial charge in [0, 0.05) is 13.0 Å². The molecule has 2 atom stereocenters. The van der Waals surface area contributed by atoms with Crippen molar-refractivity contribution in [3.63, 3.8) is 0 Å². The molecular weight excluding hydrogens is 230 g/mol. The minimum Gasteiger partial charge on any atom is -0.480 e. The number of aliphatic carboxylic acids is 1. The van der Waals surface area contributed by atoms with E-state index in [9.17, 15) is 4.79 Å². The smallest absolute Gasteiger partial charge is 0.323 e. The SMILES string of the molecule is CCCCCCCOC1CCCC(N)(C(=O)O)C1. The summed E-state index contributed by atoms with van der Waals surface area (Å²) in [5.74, 6) is -0.890. The average Bonchev–Trinajstić information content (AvgIpc) is 2.34. The summed E-state index contributed by atoms with van der Waals surface area (Å²) in [7, 11) is 0. The van der Waals surface area contributed by atoms with Crippen LogP contribution in [0.5, 0.6) is 0 Å². The van der Waals surface area contributed by atoms with E-state index in [0.717, 1.165) is 25.9 Å². The van der Waals surface area contributed by atoms with Crippen LogP contribution in [0.25, 0.3) is 0 Å². The lowest BCUT2D eigenvalue weighted by molar-refractivity contribution is -0.147. The number of unbranched alkanes of at least 4 members (excludes halogenated alkanes) is 4. The molecule has 4 heteroatoms. The van der Waals surface area contributed by atoms with Crippen LogP contribution < -0.4 is 5.73 Å². The first-order chi connectivity index (χ1) is 8.58. The summed E-state index contributed by atoms with van der Waals surface area (Å²) in [6.07, 6.45) is 8.92. The molecule has 0 bridgehead atoms. The molecule has 106 valence electrons. The highest BCUT2D eigenvalue weighted by molar-refractivity contribution is 5.78. The molecule has 0 amide bonds. The van der Waals surface area contributed by atoms with E-state index in [2.05, 4.69) is 6.92 Å². The maximum absolute atomic E-state index is 11.1. The molecule has 1 rings (SSSR count). The maximum atomic E-state index is 11.1. The number of nitrogens with two attached hydrogens (primary N) is 1. The van der Waals surface area contributed by atoms with Gasteiger partial charge in [-0.1, -0.05) is 32.6 Å². The Balaban J connectivity index is 2.17. The predicted octanol–water partition coefficient (Wildman–Crippen LogP) is 2.70. The molecule has 0 radical (unpaired) electrons. The monoisotopic (exact) mass is 257 g/mol. The van der Waals surface area contributed by atoms with Gasteiger partial charge in [0.25, 0.3) is 0 Å². The van der Waals surface area contributed by atoms with E-state index < -0.39 is 11.5 Å². The van der Waals surface area contributed by atoms with E-state index >= 15 is 0 Å². The fourth-order valence-corrected chi connectivity index (χ4v) is 2.55. The number of rotatable bonds is 8. The van der Waals surface area contributed by atoms with Gasteiger partial charge in [-0.2, -0.15) is 0 Å². The summed E-state index contributed by atoms with van der Waals surface area (Å²) in [5, 5.41) is 9.10. The molecule has 1 aliphatic carbocycles. The summed E-state index contributed by atoms with van der Waals surface area (Å²) in [6.45, 7) is 2.94. The van der Waals surface area contributed by atoms with Crippen LogP contribution in [-0.4, -0.2) is 29.3 Å². The molecule has 0 spiro atoms. The first kappa shape index (κ1) is 15.4. The molecule has 0 aromatic carbocycles. The van der Waals surface area contributed by atoms with E-state index in [1.165, 1.54) is 25.7 Å². The van der Waals surface area contributed by atoms with Gasteiger partial charge in [0.2, 0.25) is 0 Å². The third-order valence-corrected chi connectivity index (χ3v) is 3.77. The van der Waals surface area contributed by atoms with Crippen molar-refractivity contribution in [3.8, 4) is 0 Å². The van der Waals surface area contributed by atoms with Gasteiger partial charge >= 0.3 is 5.97 Å². The van der Waals surface area contributed by atoms with Gasteiger partial charge < -0.3 is 15.6 Å². The molecule has 1 aliphatic rings. The number of hydrogen-bond acceptors (Lipinski definition) is 3. The first-order valence-electron chi connectivity index (χ1n) is 7.22. The van der Waals surface area contributed by atoms with Crippen LogP contribution in [0.4, 0.5) is 0 Å². The van der Waals surface area contributed by atoms with Crippen molar-refractivity contribution in [3.05, 3.63) is 0 Å². The van der Waals surface area contributed by atoms with Gasteiger partial charge in [-0.25, -0.2) is 0 Å². The zero-order valence-electron chi connectivity index (χ0n) is 11.5. The number of carboxylic acid groups (broad SMARTS) is 1. The van der Waals surface area contributed by atoms with Crippen molar-refractivity contribution >= 4 is 5.97 Å². The highest BCUT2D eigenvalue weighted by atomic mass is 16.5. The van der Waals surface area contributed by atoms with Crippen LogP contribution >= 0.6 is 0 Å². The molecular formula is C14H27NO3. The van der Waals surface area contributed by atoms with Crippen molar-refractivity contribution in [1.82, 2.24) is 0 Å². The molecule has 0 aliphatic heterocycles. The zero-order chi connectivity index (χ0) is 13.4. The maximum Gasteiger partial charge on any atom is 0.323 e. The van der Waals surface area contributed by atoms with E-state index in [4.69, 9.17) is 15.6 Å². The highest BCUT2D eigenvalue weighted by Crippen LogP contribution is 2.28. The van der Waals surface area contributed by atoms with E-state index in [-0.39, 0.29) is 6.10 Å². The molecule has 1 saturated carbocycles. The van der Waals surface area contributed by atoms with Crippen LogP contribution in [0.3, 0.4) is 0 Å². The van der Waals surface area contributed by atoms with Crippen molar-refractivity contribution < 1.29 is 14.6 Å². The van der Waals surface area contributed by atoms with E-state index in [1.54, 1.807) is 0 Å². The minimum absolute atomic E-state index is 0.0334. The zero-order valence-corrected chi connectivity index (χ0v) is 11.5. The van der Waals surface area contributed by atoms with Gasteiger partial charge in [-0.15, -0.1) is 0 Å². The minimum atomic E-state index is -1.06. The Morgan fingerprint density at radius 2 is 2.11 bits per heavy atom. The fraction of sp³-hybridized carbons (Fsp3) is 0.929. The first-order valence-corrected chi connectivity index (χ1v) is 7.22. The van der Waals surface area contributed by atoms with Crippen molar-refractivity contribution in [2.75, 3.05) is 6.61 Å². The normalized spacial score (nSPS) is 28.2. The van der Waals surface area contributed by atoms with Gasteiger partial charge in [0.05, 0.1) is 6.10 Å². The molecule has 0 aromatic rings. The van der Waals surface area contributed by atoms with Crippen LogP contribution in [0.1, 0.15) is 64.7 Å². The second-order valence-electron chi connectivity index (χ2n) is 5.46. The van der Waals surface area contributed by atoms with E-state index in [1.807, 2.05) is 0 Å². The average molecular weight is 257 g/mol. The molecule has 4 nitrogen and oxygen atoms in total. The summed E-state index contributed by atoms with van der Waals surface area (Å²) in [4.78, 5) is 11.1. The summed E-state index contributed by atoms with van der Waals surface area (Å²) >= 11 is 0. The molecule has 3 N–H and O–H groups in total. The molecule has 18 heavy (non-hydrogen) atoms. The molecule has 2 unspecified atom stereocenters. The lowest BCUT2D eigenvalue weighted by atomic mass is 9.81. The lowest BCUT2D eigenvalue weighted by Crippen LogP contribution is -2.52. The second kappa shape index (κ2) is 7.74. The molecule has 0 heterocycles. The van der Waals surface area contributed by atoms with Gasteiger partial charge in [-0.05, 0) is 25.7 Å². The Labute approximate surface area is 110 Å². The number of hydrogen-bond donors (Lipinski definition) is 2. The largest absolute Gasteiger partial charge is 0.480 e. The summed E-state index contributed by atoms with van der Waals surface area (Å²) < 4.78 is 5.77. The van der Waals surface area contributed by atoms with E-state index in [0.29, 0.717) is 12.8 Å². The lowest BCUT2D eigenvalue weighted by Gasteiger charge is -2.34. The third kappa shape index (κ3) is 4.94. The fourth-order valence-electron chi connectivity index (χ4n) is 2.55. The molecule has 1 fully saturated rings. The van der Waals surface area contributed by atoms with Gasteiger partial charge in [0.15, 0.2) is 0 Å². The quantitative estimate of drug-likeness (QED) is 0.656. The van der Waals surface area contributed by atoms with Crippen LogP contribution in [0.2, 0.25) is 0 Å². The van der Waals surface area contributed by atoms with Crippen LogP contribution in [0.15, 0.2) is 0 Å². The number of carbonyl (C=O) groups is 1. The molecule has 0 aromatic heterocycles. The Morgan fingerprint density at radius 1 is 1.39 bits per heavy atom. The van der Waals surface area contributed by atoms with Crippen LogP contribution in [-0.2, 0) is 9.53 Å². The topological polar surface area (TPSA) is 72.5 Å². The number of ether oxygens (including phenoxy) is 1. The summed E-state index contributed by atoms with van der Waals surface area (Å²) in [6, 6.07) is 0. The standard InChI is InChI=1S/C14H27NO3/c1-2-3-4-5-6-10-18-12-8-7-9-14(15,11-12)13(16)17/h12H,2-11,15H2,1H3,(H,16,17). The predicted molar refractivity (Wildman–Crippen MR) is 71.5 cm³/mol. The second-order valence-corrected chi connectivity index (χ2v) is 5.46. The third-order valence-electron chi connectivity index (χ3n) is 3.77. The van der Waals surface area contributed by atoms with Crippen molar-refractivity contribution in [2.24, 2.45) is 5.73 Å². The van der Waals surface area contributed by atoms with Crippen molar-refractivity contribution in [1.29, 1.82) is 0 Å². The Hall–Kier alpha value is -0.610. The number of carboxylic acids is 1. The Bertz CT molecular complexity index is 257.